The van der Waals surface area contributed by atoms with E-state index in [4.69, 9.17) is 11.6 Å². The Kier molecular flexibility index (Phi) is 5.92. The van der Waals surface area contributed by atoms with Crippen molar-refractivity contribution in [1.82, 2.24) is 9.29 Å². The van der Waals surface area contributed by atoms with Gasteiger partial charge in [-0.05, 0) is 29.6 Å². The second kappa shape index (κ2) is 8.03. The van der Waals surface area contributed by atoms with Crippen LogP contribution in [0.3, 0.4) is 0 Å². The molecule has 0 bridgehead atoms. The van der Waals surface area contributed by atoms with Crippen LogP contribution in [0.1, 0.15) is 0 Å². The fraction of sp³-hybridized carbons (Fsp3) is 0.125. The van der Waals surface area contributed by atoms with Crippen LogP contribution in [0.15, 0.2) is 45.3 Å². The van der Waals surface area contributed by atoms with E-state index in [0.717, 1.165) is 15.6 Å². The molecule has 2 heterocycles. The van der Waals surface area contributed by atoms with E-state index in [1.54, 1.807) is 16.8 Å². The van der Waals surface area contributed by atoms with Gasteiger partial charge in [0.05, 0.1) is 17.3 Å². The second-order valence-electron chi connectivity index (χ2n) is 5.41. The number of nitrogens with one attached hydrogen (secondary N) is 1. The first kappa shape index (κ1) is 19.9. The third kappa shape index (κ3) is 4.53. The predicted molar refractivity (Wildman–Crippen MR) is 105 cm³/mol. The van der Waals surface area contributed by atoms with Gasteiger partial charge in [-0.2, -0.15) is 4.31 Å². The first-order valence-corrected chi connectivity index (χ1v) is 11.1. The minimum Gasteiger partial charge on any atom is -0.301 e. The van der Waals surface area contributed by atoms with Gasteiger partial charge >= 0.3 is 0 Å². The summed E-state index contributed by atoms with van der Waals surface area (Å²) in [6, 6.07) is 7.32. The number of halogens is 2. The lowest BCUT2D eigenvalue weighted by Crippen LogP contribution is -2.34. The van der Waals surface area contributed by atoms with Crippen molar-refractivity contribution in [3.8, 4) is 11.3 Å². The van der Waals surface area contributed by atoms with E-state index in [1.807, 2.05) is 0 Å². The number of hydrogen-bond acceptors (Lipinski definition) is 6. The first-order chi connectivity index (χ1) is 12.8. The Balaban J connectivity index is 1.66. The fourth-order valence-electron chi connectivity index (χ4n) is 2.13. The quantitative estimate of drug-likeness (QED) is 0.623. The van der Waals surface area contributed by atoms with E-state index >= 15 is 0 Å². The number of aromatic nitrogens is 1. The SMILES string of the molecule is CN(CC(=O)Nc1nc(-c2ccc(F)c(Cl)c2)cs1)S(=O)(=O)c1cccs1. The van der Waals surface area contributed by atoms with Crippen LogP contribution >= 0.6 is 34.3 Å². The molecule has 0 saturated heterocycles. The van der Waals surface area contributed by atoms with Crippen molar-refractivity contribution < 1.29 is 17.6 Å². The molecule has 3 rings (SSSR count). The van der Waals surface area contributed by atoms with Crippen LogP contribution in [0.2, 0.25) is 5.02 Å². The molecular weight excluding hydrogens is 433 g/mol. The number of nitrogens with zero attached hydrogens (tertiary/aromatic N) is 2. The highest BCUT2D eigenvalue weighted by Gasteiger charge is 2.24. The van der Waals surface area contributed by atoms with Crippen LogP contribution in [-0.4, -0.2) is 37.2 Å². The van der Waals surface area contributed by atoms with Crippen molar-refractivity contribution in [2.24, 2.45) is 0 Å². The highest BCUT2D eigenvalue weighted by Crippen LogP contribution is 2.28. The highest BCUT2D eigenvalue weighted by molar-refractivity contribution is 7.91. The third-order valence-electron chi connectivity index (χ3n) is 3.49. The van der Waals surface area contributed by atoms with Gasteiger partial charge < -0.3 is 5.32 Å². The number of anilines is 1. The summed E-state index contributed by atoms with van der Waals surface area (Å²) in [5.41, 5.74) is 1.13. The largest absolute Gasteiger partial charge is 0.301 e. The van der Waals surface area contributed by atoms with Gasteiger partial charge in [0.1, 0.15) is 10.0 Å². The average molecular weight is 446 g/mol. The van der Waals surface area contributed by atoms with E-state index in [-0.39, 0.29) is 15.8 Å². The maximum absolute atomic E-state index is 13.3. The van der Waals surface area contributed by atoms with Gasteiger partial charge in [-0.1, -0.05) is 17.7 Å². The highest BCUT2D eigenvalue weighted by atomic mass is 35.5. The molecule has 3 aromatic rings. The lowest BCUT2D eigenvalue weighted by molar-refractivity contribution is -0.116. The van der Waals surface area contributed by atoms with Crippen molar-refractivity contribution in [3.05, 3.63) is 51.9 Å². The lowest BCUT2D eigenvalue weighted by atomic mass is 10.2. The third-order valence-corrected chi connectivity index (χ3v) is 7.72. The number of thiazole rings is 1. The van der Waals surface area contributed by atoms with Crippen LogP contribution in [-0.2, 0) is 14.8 Å². The molecule has 0 fully saturated rings. The van der Waals surface area contributed by atoms with Gasteiger partial charge in [0, 0.05) is 18.0 Å². The van der Waals surface area contributed by atoms with Gasteiger partial charge in [0.15, 0.2) is 5.13 Å². The first-order valence-electron chi connectivity index (χ1n) is 7.48. The average Bonchev–Trinajstić information content (AvgIpc) is 3.29. The number of carbonyl (C=O) groups excluding carboxylic acids is 1. The molecule has 27 heavy (non-hydrogen) atoms. The molecule has 0 saturated carbocycles. The molecule has 6 nitrogen and oxygen atoms in total. The van der Waals surface area contributed by atoms with E-state index in [1.165, 1.54) is 42.6 Å². The summed E-state index contributed by atoms with van der Waals surface area (Å²) in [6.45, 7) is -0.350. The van der Waals surface area contributed by atoms with Crippen LogP contribution in [0.4, 0.5) is 9.52 Å². The zero-order valence-electron chi connectivity index (χ0n) is 13.8. The minimum absolute atomic E-state index is 0.0218. The lowest BCUT2D eigenvalue weighted by Gasteiger charge is -2.14. The molecule has 1 aromatic carbocycles. The van der Waals surface area contributed by atoms with Gasteiger partial charge in [0.25, 0.3) is 10.0 Å². The van der Waals surface area contributed by atoms with Crippen LogP contribution < -0.4 is 5.32 Å². The number of thiophene rings is 1. The number of carbonyl (C=O) groups is 1. The molecule has 1 amide bonds. The topological polar surface area (TPSA) is 79.4 Å². The molecule has 0 aliphatic carbocycles. The molecular formula is C16H13ClFN3O3S3. The van der Waals surface area contributed by atoms with Crippen molar-refractivity contribution in [1.29, 1.82) is 0 Å². The summed E-state index contributed by atoms with van der Waals surface area (Å²) in [6.07, 6.45) is 0. The van der Waals surface area contributed by atoms with E-state index in [0.29, 0.717) is 16.4 Å². The maximum atomic E-state index is 13.3. The van der Waals surface area contributed by atoms with Gasteiger partial charge in [-0.15, -0.1) is 22.7 Å². The van der Waals surface area contributed by atoms with Crippen LogP contribution in [0, 0.1) is 5.82 Å². The molecule has 0 radical (unpaired) electrons. The number of benzene rings is 1. The molecule has 0 aliphatic rings. The van der Waals surface area contributed by atoms with Gasteiger partial charge in [-0.25, -0.2) is 17.8 Å². The van der Waals surface area contributed by atoms with Crippen LogP contribution in [0.5, 0.6) is 0 Å². The smallest absolute Gasteiger partial charge is 0.252 e. The second-order valence-corrected chi connectivity index (χ2v) is 9.89. The summed E-state index contributed by atoms with van der Waals surface area (Å²) >= 11 is 8.02. The number of sulfonamides is 1. The van der Waals surface area contributed by atoms with Gasteiger partial charge in [-0.3, -0.25) is 4.79 Å². The molecule has 142 valence electrons. The van der Waals surface area contributed by atoms with Crippen molar-refractivity contribution >= 4 is 55.3 Å². The number of likely N-dealkylation sites (N-methyl/N-ethyl adjacent to an activating group) is 1. The summed E-state index contributed by atoms with van der Waals surface area (Å²) in [4.78, 5) is 16.4. The number of hydrogen-bond donors (Lipinski definition) is 1. The normalized spacial score (nSPS) is 11.7. The maximum Gasteiger partial charge on any atom is 0.252 e. The van der Waals surface area contributed by atoms with E-state index in [9.17, 15) is 17.6 Å². The predicted octanol–water partition coefficient (Wildman–Crippen LogP) is 3.92. The summed E-state index contributed by atoms with van der Waals surface area (Å²) in [5.74, 6) is -1.05. The van der Waals surface area contributed by atoms with Gasteiger partial charge in [0.2, 0.25) is 5.91 Å². The Morgan fingerprint density at radius 1 is 1.33 bits per heavy atom. The zero-order chi connectivity index (χ0) is 19.6. The Hall–Kier alpha value is -1.85. The molecule has 11 heteroatoms. The monoisotopic (exact) mass is 445 g/mol. The molecule has 0 aliphatic heterocycles. The Morgan fingerprint density at radius 2 is 2.11 bits per heavy atom. The molecule has 0 atom stereocenters. The molecule has 0 spiro atoms. The Bertz CT molecular complexity index is 1070. The Labute approximate surface area is 168 Å². The minimum atomic E-state index is -3.71. The molecule has 2 aromatic heterocycles. The van der Waals surface area contributed by atoms with E-state index < -0.39 is 21.7 Å². The zero-order valence-corrected chi connectivity index (χ0v) is 17.1. The number of rotatable bonds is 6. The van der Waals surface area contributed by atoms with Crippen molar-refractivity contribution in [3.63, 3.8) is 0 Å². The Morgan fingerprint density at radius 3 is 2.78 bits per heavy atom. The van der Waals surface area contributed by atoms with Crippen LogP contribution in [0.25, 0.3) is 11.3 Å². The molecule has 1 N–H and O–H groups in total. The summed E-state index contributed by atoms with van der Waals surface area (Å²) in [7, 11) is -2.37. The standard InChI is InChI=1S/C16H13ClFN3O3S3/c1-21(27(23,24)15-3-2-6-25-15)8-14(22)20-16-19-13(9-26-16)10-4-5-12(18)11(17)7-10/h2-7,9H,8H2,1H3,(H,19,20,22). The molecule has 0 unspecified atom stereocenters. The summed E-state index contributed by atoms with van der Waals surface area (Å²) < 4.78 is 39.1. The fourth-order valence-corrected chi connectivity index (χ4v) is 5.37. The van der Waals surface area contributed by atoms with Crippen molar-refractivity contribution in [2.45, 2.75) is 4.21 Å². The van der Waals surface area contributed by atoms with Crippen molar-refractivity contribution in [2.75, 3.05) is 18.9 Å². The summed E-state index contributed by atoms with van der Waals surface area (Å²) in [5, 5.41) is 6.18. The number of amides is 1. The van der Waals surface area contributed by atoms with E-state index in [2.05, 4.69) is 10.3 Å².